The zero-order valence-corrected chi connectivity index (χ0v) is 19.6. The number of anilines is 1. The molecule has 0 atom stereocenters. The highest BCUT2D eigenvalue weighted by atomic mass is 32.2. The summed E-state index contributed by atoms with van der Waals surface area (Å²) in [4.78, 5) is 20.5. The van der Waals surface area contributed by atoms with Crippen LogP contribution in [-0.2, 0) is 9.63 Å². The number of aliphatic imine (C=N–C) groups is 1. The van der Waals surface area contributed by atoms with Gasteiger partial charge in [0.05, 0.1) is 17.0 Å². The molecule has 0 saturated carbocycles. The Kier molecular flexibility index (Phi) is 11.5. The first-order valence-electron chi connectivity index (χ1n) is 9.96. The first kappa shape index (κ1) is 27.2. The van der Waals surface area contributed by atoms with Crippen LogP contribution < -0.4 is 5.32 Å². The second-order valence-electron chi connectivity index (χ2n) is 6.32. The molecule has 0 unspecified atom stereocenters. The number of aryl methyl sites for hydroxylation is 1. The minimum Gasteiger partial charge on any atom is -0.399 e. The average Bonchev–Trinajstić information content (AvgIpc) is 2.76. The van der Waals surface area contributed by atoms with E-state index in [-0.39, 0.29) is 16.7 Å². The molecule has 0 aromatic heterocycles. The predicted octanol–water partition coefficient (Wildman–Crippen LogP) is 6.32. The fourth-order valence-electron chi connectivity index (χ4n) is 2.61. The highest BCUT2D eigenvalue weighted by Gasteiger charge is 2.26. The first-order valence-corrected chi connectivity index (χ1v) is 10.9. The van der Waals surface area contributed by atoms with Gasteiger partial charge in [0.25, 0.3) is 0 Å². The zero-order chi connectivity index (χ0) is 24.1. The normalized spacial score (nSPS) is 11.7. The standard InChI is InChI=1S/C21H22F3N3O2S.C2H6/c1-14-5-4-6-18(20(14)17-9-7-16(8-10-17)11-26-29-3)27-19(28)12-30-15(2)25-13-21(22,23)24;1-2/h4-11H,12-13H2,1-3H3,(H,27,28);1-2H3/b25-15?,26-11+;. The largest absolute Gasteiger partial charge is 0.407 e. The van der Waals surface area contributed by atoms with Crippen molar-refractivity contribution in [3.05, 3.63) is 53.6 Å². The van der Waals surface area contributed by atoms with Crippen molar-refractivity contribution >= 4 is 34.6 Å². The average molecular weight is 468 g/mol. The third kappa shape index (κ3) is 9.55. The maximum atomic E-state index is 12.3. The summed E-state index contributed by atoms with van der Waals surface area (Å²) in [7, 11) is 1.47. The van der Waals surface area contributed by atoms with Crippen LogP contribution in [-0.4, -0.2) is 42.7 Å². The number of nitrogens with zero attached hydrogens (tertiary/aromatic N) is 2. The van der Waals surface area contributed by atoms with Gasteiger partial charge in [-0.2, -0.15) is 13.2 Å². The van der Waals surface area contributed by atoms with Gasteiger partial charge in [-0.1, -0.05) is 55.4 Å². The summed E-state index contributed by atoms with van der Waals surface area (Å²) in [5, 5.41) is 6.78. The molecular weight excluding hydrogens is 439 g/mol. The lowest BCUT2D eigenvalue weighted by Crippen LogP contribution is -2.16. The molecule has 2 aromatic rings. The van der Waals surface area contributed by atoms with Gasteiger partial charge in [-0.15, -0.1) is 11.8 Å². The van der Waals surface area contributed by atoms with E-state index in [9.17, 15) is 18.0 Å². The summed E-state index contributed by atoms with van der Waals surface area (Å²) in [6.45, 7) is 6.14. The number of alkyl halides is 3. The molecule has 0 aliphatic carbocycles. The van der Waals surface area contributed by atoms with Crippen molar-refractivity contribution in [2.24, 2.45) is 10.1 Å². The first-order chi connectivity index (χ1) is 15.2. The maximum Gasteiger partial charge on any atom is 0.407 e. The van der Waals surface area contributed by atoms with Crippen LogP contribution in [0.1, 0.15) is 31.9 Å². The second-order valence-corrected chi connectivity index (χ2v) is 7.49. The molecule has 0 spiro atoms. The fourth-order valence-corrected chi connectivity index (χ4v) is 3.18. The lowest BCUT2D eigenvalue weighted by molar-refractivity contribution is -0.118. The van der Waals surface area contributed by atoms with Gasteiger partial charge < -0.3 is 10.2 Å². The Balaban J connectivity index is 0.00000249. The van der Waals surface area contributed by atoms with Crippen LogP contribution >= 0.6 is 11.8 Å². The molecule has 1 N–H and O–H groups in total. The van der Waals surface area contributed by atoms with E-state index in [4.69, 9.17) is 0 Å². The monoisotopic (exact) mass is 467 g/mol. The number of oxime groups is 1. The van der Waals surface area contributed by atoms with Gasteiger partial charge >= 0.3 is 6.18 Å². The minimum atomic E-state index is -4.36. The Hall–Kier alpha value is -2.81. The molecular formula is C23H28F3N3O2S. The third-order valence-electron chi connectivity index (χ3n) is 3.95. The highest BCUT2D eigenvalue weighted by Crippen LogP contribution is 2.31. The summed E-state index contributed by atoms with van der Waals surface area (Å²) in [5.74, 6) is -0.357. The Morgan fingerprint density at radius 3 is 2.41 bits per heavy atom. The van der Waals surface area contributed by atoms with Gasteiger partial charge in [0.1, 0.15) is 13.7 Å². The van der Waals surface area contributed by atoms with Crippen molar-refractivity contribution in [1.82, 2.24) is 0 Å². The number of thioether (sulfide) groups is 1. The van der Waals surface area contributed by atoms with Gasteiger partial charge in [-0.3, -0.25) is 9.79 Å². The molecule has 0 saturated heterocycles. The van der Waals surface area contributed by atoms with E-state index in [0.29, 0.717) is 5.69 Å². The summed E-state index contributed by atoms with van der Waals surface area (Å²) < 4.78 is 36.7. The number of halogens is 3. The van der Waals surface area contributed by atoms with E-state index >= 15 is 0 Å². The molecule has 2 rings (SSSR count). The van der Waals surface area contributed by atoms with E-state index in [0.717, 1.165) is 34.0 Å². The number of amides is 1. The Bertz CT molecular complexity index is 927. The van der Waals surface area contributed by atoms with E-state index in [1.807, 2.05) is 57.2 Å². The van der Waals surface area contributed by atoms with Crippen LogP contribution in [0.5, 0.6) is 0 Å². The Labute approximate surface area is 191 Å². The molecule has 0 heterocycles. The zero-order valence-electron chi connectivity index (χ0n) is 18.8. The predicted molar refractivity (Wildman–Crippen MR) is 128 cm³/mol. The van der Waals surface area contributed by atoms with Gasteiger partial charge in [-0.25, -0.2) is 0 Å². The molecule has 5 nitrogen and oxygen atoms in total. The number of hydrogen-bond donors (Lipinski definition) is 1. The molecule has 174 valence electrons. The second kappa shape index (κ2) is 13.6. The quantitative estimate of drug-likeness (QED) is 0.294. The van der Waals surface area contributed by atoms with Crippen molar-refractivity contribution in [2.45, 2.75) is 33.9 Å². The molecule has 1 amide bonds. The van der Waals surface area contributed by atoms with Crippen LogP contribution in [0.4, 0.5) is 18.9 Å². The molecule has 32 heavy (non-hydrogen) atoms. The highest BCUT2D eigenvalue weighted by molar-refractivity contribution is 8.14. The molecule has 0 aliphatic heterocycles. The minimum absolute atomic E-state index is 0.0347. The van der Waals surface area contributed by atoms with Gasteiger partial charge in [0.15, 0.2) is 0 Å². The van der Waals surface area contributed by atoms with E-state index in [1.54, 1.807) is 12.3 Å². The van der Waals surface area contributed by atoms with Crippen molar-refractivity contribution < 1.29 is 22.8 Å². The molecule has 0 fully saturated rings. The van der Waals surface area contributed by atoms with Crippen LogP contribution in [0.3, 0.4) is 0 Å². The molecule has 2 aromatic carbocycles. The Morgan fingerprint density at radius 2 is 1.81 bits per heavy atom. The Morgan fingerprint density at radius 1 is 1.16 bits per heavy atom. The lowest BCUT2D eigenvalue weighted by Gasteiger charge is -2.14. The van der Waals surface area contributed by atoms with Crippen molar-refractivity contribution in [3.8, 4) is 11.1 Å². The maximum absolute atomic E-state index is 12.3. The summed E-state index contributed by atoms with van der Waals surface area (Å²) in [5.41, 5.74) is 4.25. The number of hydrogen-bond acceptors (Lipinski definition) is 5. The number of carbonyl (C=O) groups is 1. The fraction of sp³-hybridized carbons (Fsp3) is 0.348. The van der Waals surface area contributed by atoms with Crippen LogP contribution in [0, 0.1) is 6.92 Å². The van der Waals surface area contributed by atoms with Crippen molar-refractivity contribution in [3.63, 3.8) is 0 Å². The van der Waals surface area contributed by atoms with Crippen molar-refractivity contribution in [1.29, 1.82) is 0 Å². The van der Waals surface area contributed by atoms with Crippen LogP contribution in [0.2, 0.25) is 0 Å². The summed E-state index contributed by atoms with van der Waals surface area (Å²) >= 11 is 0.971. The van der Waals surface area contributed by atoms with Gasteiger partial charge in [-0.05, 0) is 36.6 Å². The third-order valence-corrected chi connectivity index (χ3v) is 4.90. The molecule has 0 bridgehead atoms. The van der Waals surface area contributed by atoms with Gasteiger partial charge in [0.2, 0.25) is 5.91 Å². The number of benzene rings is 2. The van der Waals surface area contributed by atoms with E-state index < -0.39 is 12.7 Å². The smallest absolute Gasteiger partial charge is 0.399 e. The number of rotatable bonds is 7. The van der Waals surface area contributed by atoms with Crippen LogP contribution in [0.25, 0.3) is 11.1 Å². The summed E-state index contributed by atoms with van der Waals surface area (Å²) in [6.07, 6.45) is -2.77. The van der Waals surface area contributed by atoms with Crippen LogP contribution in [0.15, 0.2) is 52.6 Å². The van der Waals surface area contributed by atoms with Crippen molar-refractivity contribution in [2.75, 3.05) is 24.7 Å². The lowest BCUT2D eigenvalue weighted by atomic mass is 9.97. The van der Waals surface area contributed by atoms with E-state index in [1.165, 1.54) is 14.0 Å². The number of nitrogens with one attached hydrogen (secondary N) is 1. The summed E-state index contributed by atoms with van der Waals surface area (Å²) in [6, 6.07) is 13.1. The molecule has 0 radical (unpaired) electrons. The number of carbonyl (C=O) groups excluding carboxylic acids is 1. The molecule has 0 aliphatic rings. The van der Waals surface area contributed by atoms with Gasteiger partial charge in [0, 0.05) is 11.3 Å². The topological polar surface area (TPSA) is 63.0 Å². The SMILES string of the molecule is CC.CO/N=C/c1ccc(-c2c(C)cccc2NC(=O)CSC(C)=NCC(F)(F)F)cc1. The van der Waals surface area contributed by atoms with E-state index in [2.05, 4.69) is 20.3 Å². The molecule has 9 heteroatoms.